The third-order valence-electron chi connectivity index (χ3n) is 6.01. The number of carbonyl (C=O) groups excluding carboxylic acids is 1. The Balaban J connectivity index is 1.81. The lowest BCUT2D eigenvalue weighted by Crippen LogP contribution is -2.61. The molecule has 0 aromatic rings. The van der Waals surface area contributed by atoms with Gasteiger partial charge in [-0.25, -0.2) is 0 Å². The maximum atomic E-state index is 12.5. The molecule has 0 unspecified atom stereocenters. The van der Waals surface area contributed by atoms with Crippen LogP contribution in [0.2, 0.25) is 0 Å². The van der Waals surface area contributed by atoms with Gasteiger partial charge in [0.05, 0.1) is 12.5 Å². The molecule has 3 nitrogen and oxygen atoms in total. The molecule has 2 bridgehead atoms. The van der Waals surface area contributed by atoms with E-state index >= 15 is 0 Å². The zero-order valence-electron chi connectivity index (χ0n) is 13.9. The second-order valence-corrected chi connectivity index (χ2v) is 7.12. The van der Waals surface area contributed by atoms with Crippen LogP contribution < -0.4 is 5.32 Å². The third kappa shape index (κ3) is 2.88. The molecule has 0 saturated heterocycles. The van der Waals surface area contributed by atoms with Crippen molar-refractivity contribution in [1.29, 1.82) is 0 Å². The molecule has 4 aliphatic rings. The number of hydrogen-bond acceptors (Lipinski definition) is 3. The number of allylic oxidation sites excluding steroid dienone is 2. The van der Waals surface area contributed by atoms with Crippen LogP contribution in [0.3, 0.4) is 0 Å². The topological polar surface area (TPSA) is 38.3 Å². The van der Waals surface area contributed by atoms with Gasteiger partial charge in [-0.05, 0) is 57.3 Å². The fourth-order valence-electron chi connectivity index (χ4n) is 4.70. The lowest BCUT2D eigenvalue weighted by molar-refractivity contribution is -0.156. The molecular weight excluding hydrogens is 274 g/mol. The van der Waals surface area contributed by atoms with Crippen LogP contribution in [0.1, 0.15) is 52.4 Å². The lowest BCUT2D eigenvalue weighted by Gasteiger charge is -2.50. The van der Waals surface area contributed by atoms with Crippen LogP contribution >= 0.6 is 0 Å². The van der Waals surface area contributed by atoms with Crippen molar-refractivity contribution in [2.75, 3.05) is 6.61 Å². The van der Waals surface area contributed by atoms with Crippen molar-refractivity contribution >= 4 is 5.97 Å². The molecule has 0 spiro atoms. The van der Waals surface area contributed by atoms with E-state index in [-0.39, 0.29) is 23.5 Å². The highest BCUT2D eigenvalue weighted by atomic mass is 16.5. The molecule has 0 radical (unpaired) electrons. The van der Waals surface area contributed by atoms with Crippen molar-refractivity contribution in [2.45, 2.75) is 64.0 Å². The number of nitrogens with one attached hydrogen (secondary N) is 1. The van der Waals surface area contributed by atoms with Gasteiger partial charge in [-0.2, -0.15) is 0 Å². The van der Waals surface area contributed by atoms with Crippen molar-refractivity contribution in [3.05, 3.63) is 24.3 Å². The van der Waals surface area contributed by atoms with Gasteiger partial charge in [0.25, 0.3) is 0 Å². The zero-order valence-corrected chi connectivity index (χ0v) is 13.9. The number of rotatable bonds is 5. The summed E-state index contributed by atoms with van der Waals surface area (Å²) in [7, 11) is 0. The third-order valence-corrected chi connectivity index (χ3v) is 6.01. The fourth-order valence-corrected chi connectivity index (χ4v) is 4.70. The highest BCUT2D eigenvalue weighted by Crippen LogP contribution is 2.46. The van der Waals surface area contributed by atoms with E-state index in [1.165, 1.54) is 25.7 Å². The summed E-state index contributed by atoms with van der Waals surface area (Å²) < 4.78 is 5.41. The molecule has 122 valence electrons. The Labute approximate surface area is 134 Å². The monoisotopic (exact) mass is 303 g/mol. The van der Waals surface area contributed by atoms with E-state index in [4.69, 9.17) is 4.74 Å². The van der Waals surface area contributed by atoms with Crippen molar-refractivity contribution in [3.63, 3.8) is 0 Å². The summed E-state index contributed by atoms with van der Waals surface area (Å²) in [5, 5.41) is 3.90. The summed E-state index contributed by atoms with van der Waals surface area (Å²) in [5.74, 6) is 1.21. The molecule has 0 aliphatic heterocycles. The van der Waals surface area contributed by atoms with E-state index in [0.717, 1.165) is 12.8 Å². The maximum Gasteiger partial charge on any atom is 0.310 e. The molecule has 3 saturated carbocycles. The average Bonchev–Trinajstić information content (AvgIpc) is 2.57. The van der Waals surface area contributed by atoms with Crippen molar-refractivity contribution < 1.29 is 9.53 Å². The zero-order chi connectivity index (χ0) is 15.6. The first-order valence-electron chi connectivity index (χ1n) is 8.98. The maximum absolute atomic E-state index is 12.5. The Hall–Kier alpha value is -1.09. The second kappa shape index (κ2) is 6.57. The standard InChI is InChI=1S/C19H29NO2/c1-3-19(12-6-5-7-13-19)20-17-15-10-8-14(9-11-15)16(17)18(21)22-4-2/h5-7,12,14-17,20H,3-4,8-11,13H2,1-2H3/t14?,15?,16-,17-,19+/m0/s1. The number of esters is 1. The van der Waals surface area contributed by atoms with Gasteiger partial charge in [-0.15, -0.1) is 0 Å². The van der Waals surface area contributed by atoms with E-state index in [9.17, 15) is 4.79 Å². The molecular formula is C19H29NO2. The van der Waals surface area contributed by atoms with Crippen LogP contribution in [0.5, 0.6) is 0 Å². The van der Waals surface area contributed by atoms with Crippen LogP contribution in [0, 0.1) is 17.8 Å². The van der Waals surface area contributed by atoms with E-state index in [1.54, 1.807) is 0 Å². The normalized spacial score (nSPS) is 39.9. The molecule has 0 amide bonds. The number of fused-ring (bicyclic) bond motifs is 3. The summed E-state index contributed by atoms with van der Waals surface area (Å²) in [5.41, 5.74) is 0.0155. The summed E-state index contributed by atoms with van der Waals surface area (Å²) in [4.78, 5) is 12.5. The fraction of sp³-hybridized carbons (Fsp3) is 0.737. The summed E-state index contributed by atoms with van der Waals surface area (Å²) >= 11 is 0. The second-order valence-electron chi connectivity index (χ2n) is 7.12. The molecule has 0 aromatic carbocycles. The number of hydrogen-bond donors (Lipinski definition) is 1. The minimum Gasteiger partial charge on any atom is -0.466 e. The minimum atomic E-state index is 0.0155. The Morgan fingerprint density at radius 1 is 1.18 bits per heavy atom. The van der Waals surface area contributed by atoms with Crippen LogP contribution in [-0.4, -0.2) is 24.2 Å². The van der Waals surface area contributed by atoms with Gasteiger partial charge in [-0.3, -0.25) is 4.79 Å². The van der Waals surface area contributed by atoms with E-state index in [1.807, 2.05) is 6.92 Å². The van der Waals surface area contributed by atoms with Gasteiger partial charge < -0.3 is 10.1 Å². The average molecular weight is 303 g/mol. The van der Waals surface area contributed by atoms with Gasteiger partial charge in [0.15, 0.2) is 0 Å². The molecule has 0 heterocycles. The summed E-state index contributed by atoms with van der Waals surface area (Å²) in [6.45, 7) is 4.63. The summed E-state index contributed by atoms with van der Waals surface area (Å²) in [6, 6.07) is 0.280. The van der Waals surface area contributed by atoms with Gasteiger partial charge >= 0.3 is 5.97 Å². The summed E-state index contributed by atoms with van der Waals surface area (Å²) in [6.07, 6.45) is 15.8. The van der Waals surface area contributed by atoms with Crippen LogP contribution in [0.15, 0.2) is 24.3 Å². The Morgan fingerprint density at radius 3 is 2.50 bits per heavy atom. The Kier molecular flexibility index (Phi) is 4.72. The first-order valence-corrected chi connectivity index (χ1v) is 8.98. The number of carbonyl (C=O) groups is 1. The molecule has 3 fully saturated rings. The largest absolute Gasteiger partial charge is 0.466 e. The Bertz CT molecular complexity index is 462. The SMILES string of the molecule is CCOC(=O)[C@H]1C2CCC(CC2)[C@@H]1N[C@]1(CC)C=CC=CC1. The molecule has 3 atom stereocenters. The molecule has 1 N–H and O–H groups in total. The molecule has 0 aromatic heterocycles. The van der Waals surface area contributed by atoms with Crippen molar-refractivity contribution in [2.24, 2.45) is 17.8 Å². The highest BCUT2D eigenvalue weighted by Gasteiger charge is 2.49. The number of ether oxygens (including phenoxy) is 1. The van der Waals surface area contributed by atoms with Gasteiger partial charge in [-0.1, -0.05) is 31.2 Å². The molecule has 4 rings (SSSR count). The Morgan fingerprint density at radius 2 is 1.91 bits per heavy atom. The predicted molar refractivity (Wildman–Crippen MR) is 88.4 cm³/mol. The van der Waals surface area contributed by atoms with Crippen molar-refractivity contribution in [1.82, 2.24) is 5.32 Å². The smallest absolute Gasteiger partial charge is 0.310 e. The molecule has 22 heavy (non-hydrogen) atoms. The first kappa shape index (κ1) is 15.8. The van der Waals surface area contributed by atoms with Crippen LogP contribution in [0.4, 0.5) is 0 Å². The van der Waals surface area contributed by atoms with Gasteiger partial charge in [0, 0.05) is 11.6 Å². The molecule has 3 heteroatoms. The van der Waals surface area contributed by atoms with Crippen molar-refractivity contribution in [3.8, 4) is 0 Å². The lowest BCUT2D eigenvalue weighted by atomic mass is 9.61. The van der Waals surface area contributed by atoms with Crippen LogP contribution in [-0.2, 0) is 9.53 Å². The predicted octanol–water partition coefficient (Wildman–Crippen LogP) is 3.61. The van der Waals surface area contributed by atoms with E-state index in [0.29, 0.717) is 18.4 Å². The quantitative estimate of drug-likeness (QED) is 0.789. The van der Waals surface area contributed by atoms with Crippen LogP contribution in [0.25, 0.3) is 0 Å². The minimum absolute atomic E-state index is 0.0155. The van der Waals surface area contributed by atoms with E-state index < -0.39 is 0 Å². The van der Waals surface area contributed by atoms with Gasteiger partial charge in [0.2, 0.25) is 0 Å². The first-order chi connectivity index (χ1) is 10.7. The van der Waals surface area contributed by atoms with E-state index in [2.05, 4.69) is 36.5 Å². The highest BCUT2D eigenvalue weighted by molar-refractivity contribution is 5.74. The molecule has 4 aliphatic carbocycles. The van der Waals surface area contributed by atoms with Gasteiger partial charge in [0.1, 0.15) is 0 Å².